The molecule has 0 aliphatic heterocycles. The lowest BCUT2D eigenvalue weighted by atomic mass is 10.0. The first kappa shape index (κ1) is 18.2. The molecule has 1 aromatic heterocycles. The zero-order valence-corrected chi connectivity index (χ0v) is 15.1. The Kier molecular flexibility index (Phi) is 6.15. The maximum atomic E-state index is 12.5. The number of hydrogen-bond donors (Lipinski definition) is 1. The molecule has 2 aromatic rings. The molecule has 0 unspecified atom stereocenters. The van der Waals surface area contributed by atoms with E-state index in [0.717, 1.165) is 12.1 Å². The van der Waals surface area contributed by atoms with Gasteiger partial charge < -0.3 is 10.1 Å². The maximum absolute atomic E-state index is 12.5. The predicted molar refractivity (Wildman–Crippen MR) is 96.1 cm³/mol. The molecule has 0 bridgehead atoms. The number of nitrogens with one attached hydrogen (secondary N) is 1. The number of ether oxygens (including phenoxy) is 1. The van der Waals surface area contributed by atoms with Crippen LogP contribution in [-0.2, 0) is 6.42 Å². The molecule has 1 N–H and O–H groups in total. The summed E-state index contributed by atoms with van der Waals surface area (Å²) in [5.41, 5.74) is 2.16. The van der Waals surface area contributed by atoms with Gasteiger partial charge in [0.1, 0.15) is 11.6 Å². The molecule has 0 fully saturated rings. The van der Waals surface area contributed by atoms with E-state index >= 15 is 0 Å². The van der Waals surface area contributed by atoms with E-state index in [-0.39, 0.29) is 17.5 Å². The van der Waals surface area contributed by atoms with Gasteiger partial charge in [-0.2, -0.15) is 0 Å². The van der Waals surface area contributed by atoms with Gasteiger partial charge in [0.25, 0.3) is 0 Å². The highest BCUT2D eigenvalue weighted by atomic mass is 35.5. The summed E-state index contributed by atoms with van der Waals surface area (Å²) >= 11 is 5.97. The zero-order valence-electron chi connectivity index (χ0n) is 14.4. The number of carbonyl (C=O) groups excluding carboxylic acids is 1. The van der Waals surface area contributed by atoms with Crippen molar-refractivity contribution in [2.45, 2.75) is 27.2 Å². The number of methoxy groups -OCH3 is 1. The highest BCUT2D eigenvalue weighted by Crippen LogP contribution is 2.19. The SMILES string of the molecule is COc1cc(C)cc(C(=O)Cc2cc(NCC(C)C)nc(Cl)n2)c1. The van der Waals surface area contributed by atoms with E-state index < -0.39 is 0 Å². The third-order valence-electron chi connectivity index (χ3n) is 3.39. The number of benzene rings is 1. The van der Waals surface area contributed by atoms with Crippen LogP contribution in [0.1, 0.15) is 35.5 Å². The normalized spacial score (nSPS) is 10.8. The van der Waals surface area contributed by atoms with Crippen LogP contribution in [0.4, 0.5) is 5.82 Å². The molecule has 0 radical (unpaired) electrons. The molecule has 1 heterocycles. The van der Waals surface area contributed by atoms with Crippen LogP contribution in [0.2, 0.25) is 5.28 Å². The van der Waals surface area contributed by atoms with E-state index in [1.165, 1.54) is 0 Å². The van der Waals surface area contributed by atoms with E-state index in [4.69, 9.17) is 16.3 Å². The minimum Gasteiger partial charge on any atom is -0.497 e. The van der Waals surface area contributed by atoms with Crippen molar-refractivity contribution in [3.05, 3.63) is 46.4 Å². The van der Waals surface area contributed by atoms with Crippen LogP contribution in [0.3, 0.4) is 0 Å². The Morgan fingerprint density at radius 2 is 2.00 bits per heavy atom. The molecular weight excluding hydrogens is 326 g/mol. The van der Waals surface area contributed by atoms with Crippen LogP contribution in [0.5, 0.6) is 5.75 Å². The van der Waals surface area contributed by atoms with Gasteiger partial charge in [0, 0.05) is 18.2 Å². The predicted octanol–water partition coefficient (Wildman–Crippen LogP) is 3.94. The van der Waals surface area contributed by atoms with Gasteiger partial charge in [-0.25, -0.2) is 9.97 Å². The lowest BCUT2D eigenvalue weighted by molar-refractivity contribution is 0.0991. The monoisotopic (exact) mass is 347 g/mol. The number of carbonyl (C=O) groups is 1. The number of aryl methyl sites for hydroxylation is 1. The number of halogens is 1. The van der Waals surface area contributed by atoms with Crippen molar-refractivity contribution in [2.24, 2.45) is 5.92 Å². The second-order valence-electron chi connectivity index (χ2n) is 6.13. The fourth-order valence-electron chi connectivity index (χ4n) is 2.25. The summed E-state index contributed by atoms with van der Waals surface area (Å²) in [7, 11) is 1.58. The Hall–Kier alpha value is -2.14. The molecular formula is C18H22ClN3O2. The highest BCUT2D eigenvalue weighted by Gasteiger charge is 2.12. The van der Waals surface area contributed by atoms with Crippen LogP contribution in [0.15, 0.2) is 24.3 Å². The molecule has 24 heavy (non-hydrogen) atoms. The van der Waals surface area contributed by atoms with Crippen molar-refractivity contribution in [3.63, 3.8) is 0 Å². The Bertz CT molecular complexity index is 732. The fraction of sp³-hybridized carbons (Fsp3) is 0.389. The molecule has 0 aliphatic carbocycles. The smallest absolute Gasteiger partial charge is 0.224 e. The molecule has 1 aromatic carbocycles. The number of anilines is 1. The fourth-order valence-corrected chi connectivity index (χ4v) is 2.45. The summed E-state index contributed by atoms with van der Waals surface area (Å²) in [4.78, 5) is 20.8. The Balaban J connectivity index is 2.18. The van der Waals surface area contributed by atoms with Crippen molar-refractivity contribution in [3.8, 4) is 5.75 Å². The average molecular weight is 348 g/mol. The third kappa shape index (κ3) is 5.20. The minimum absolute atomic E-state index is 0.0402. The van der Waals surface area contributed by atoms with Crippen LogP contribution in [0.25, 0.3) is 0 Å². The van der Waals surface area contributed by atoms with Crippen molar-refractivity contribution in [1.29, 1.82) is 0 Å². The first-order valence-corrected chi connectivity index (χ1v) is 8.21. The molecule has 0 atom stereocenters. The standard InChI is InChI=1S/C18H22ClN3O2/c1-11(2)10-20-17-9-14(21-18(19)22-17)8-16(23)13-5-12(3)6-15(7-13)24-4/h5-7,9,11H,8,10H2,1-4H3,(H,20,21,22). The summed E-state index contributed by atoms with van der Waals surface area (Å²) < 4.78 is 5.22. The van der Waals surface area contributed by atoms with Crippen LogP contribution in [-0.4, -0.2) is 29.4 Å². The molecule has 0 spiro atoms. The van der Waals surface area contributed by atoms with E-state index in [0.29, 0.717) is 28.7 Å². The number of ketones is 1. The van der Waals surface area contributed by atoms with Crippen molar-refractivity contribution in [2.75, 3.05) is 19.0 Å². The van der Waals surface area contributed by atoms with Gasteiger partial charge in [0.2, 0.25) is 5.28 Å². The van der Waals surface area contributed by atoms with Gasteiger partial charge in [-0.05, 0) is 48.2 Å². The number of nitrogens with zero attached hydrogens (tertiary/aromatic N) is 2. The second kappa shape index (κ2) is 8.11. The van der Waals surface area contributed by atoms with E-state index in [2.05, 4.69) is 29.1 Å². The van der Waals surface area contributed by atoms with Crippen LogP contribution >= 0.6 is 11.6 Å². The minimum atomic E-state index is -0.0402. The Morgan fingerprint density at radius 3 is 2.67 bits per heavy atom. The van der Waals surface area contributed by atoms with Gasteiger partial charge in [0.15, 0.2) is 5.78 Å². The number of hydrogen-bond acceptors (Lipinski definition) is 5. The lowest BCUT2D eigenvalue weighted by Crippen LogP contribution is -2.11. The first-order valence-electron chi connectivity index (χ1n) is 7.83. The Labute approximate surface area is 147 Å². The van der Waals surface area contributed by atoms with Crippen molar-refractivity contribution >= 4 is 23.2 Å². The molecule has 0 saturated carbocycles. The molecule has 6 heteroatoms. The summed E-state index contributed by atoms with van der Waals surface area (Å²) in [5.74, 6) is 1.73. The molecule has 5 nitrogen and oxygen atoms in total. The highest BCUT2D eigenvalue weighted by molar-refractivity contribution is 6.28. The van der Waals surface area contributed by atoms with Crippen molar-refractivity contribution in [1.82, 2.24) is 9.97 Å². The maximum Gasteiger partial charge on any atom is 0.224 e. The average Bonchev–Trinajstić information content (AvgIpc) is 2.51. The van der Waals surface area contributed by atoms with E-state index in [1.807, 2.05) is 19.1 Å². The summed E-state index contributed by atoms with van der Waals surface area (Å²) in [6.45, 7) is 6.90. The molecule has 0 saturated heterocycles. The topological polar surface area (TPSA) is 64.1 Å². The van der Waals surface area contributed by atoms with Crippen molar-refractivity contribution < 1.29 is 9.53 Å². The van der Waals surface area contributed by atoms with Gasteiger partial charge >= 0.3 is 0 Å². The van der Waals surface area contributed by atoms with E-state index in [1.54, 1.807) is 19.2 Å². The number of aromatic nitrogens is 2. The summed E-state index contributed by atoms with van der Waals surface area (Å²) in [5, 5.41) is 3.33. The summed E-state index contributed by atoms with van der Waals surface area (Å²) in [6.07, 6.45) is 0.158. The van der Waals surface area contributed by atoms with E-state index in [9.17, 15) is 4.79 Å². The first-order chi connectivity index (χ1) is 11.4. The van der Waals surface area contributed by atoms with Crippen LogP contribution in [0, 0.1) is 12.8 Å². The molecule has 2 rings (SSSR count). The second-order valence-corrected chi connectivity index (χ2v) is 6.47. The zero-order chi connectivity index (χ0) is 17.7. The quantitative estimate of drug-likeness (QED) is 0.607. The van der Waals surface area contributed by atoms with Gasteiger partial charge in [0.05, 0.1) is 19.2 Å². The van der Waals surface area contributed by atoms with Gasteiger partial charge in [-0.15, -0.1) is 0 Å². The molecule has 0 amide bonds. The largest absolute Gasteiger partial charge is 0.497 e. The van der Waals surface area contributed by atoms with Crippen LogP contribution < -0.4 is 10.1 Å². The third-order valence-corrected chi connectivity index (χ3v) is 3.56. The lowest BCUT2D eigenvalue weighted by Gasteiger charge is -2.10. The number of Topliss-reactive ketones (excluding diaryl/α,β-unsaturated/α-hetero) is 1. The summed E-state index contributed by atoms with van der Waals surface area (Å²) in [6, 6.07) is 7.22. The van der Waals surface area contributed by atoms with Gasteiger partial charge in [-0.3, -0.25) is 4.79 Å². The van der Waals surface area contributed by atoms with Gasteiger partial charge in [-0.1, -0.05) is 13.8 Å². The molecule has 0 aliphatic rings. The Morgan fingerprint density at radius 1 is 1.25 bits per heavy atom. The molecule has 128 valence electrons. The number of rotatable bonds is 7.